The smallest absolute Gasteiger partial charge is 0.251 e. The van der Waals surface area contributed by atoms with E-state index in [-0.39, 0.29) is 24.3 Å². The second kappa shape index (κ2) is 11.0. The molecule has 0 aliphatic heterocycles. The molecule has 0 aliphatic carbocycles. The van der Waals surface area contributed by atoms with E-state index < -0.39 is 0 Å². The minimum Gasteiger partial charge on any atom is -0.350 e. The lowest BCUT2D eigenvalue weighted by Gasteiger charge is -2.22. The normalized spacial score (nSPS) is 10.3. The molecule has 0 heterocycles. The Labute approximate surface area is 171 Å². The van der Waals surface area contributed by atoms with E-state index in [1.54, 1.807) is 24.3 Å². The van der Waals surface area contributed by atoms with Crippen LogP contribution < -0.4 is 16.4 Å². The number of carbonyl (C=O) groups is 3. The summed E-state index contributed by atoms with van der Waals surface area (Å²) in [5, 5.41) is 5.59. The predicted molar refractivity (Wildman–Crippen MR) is 113 cm³/mol. The summed E-state index contributed by atoms with van der Waals surface area (Å²) in [7, 11) is 0. The Morgan fingerprint density at radius 1 is 0.759 bits per heavy atom. The maximum Gasteiger partial charge on any atom is 0.251 e. The molecule has 7 heteroatoms. The summed E-state index contributed by atoms with van der Waals surface area (Å²) >= 11 is 0. The highest BCUT2D eigenvalue weighted by molar-refractivity contribution is 5.94. The molecule has 0 aromatic heterocycles. The fourth-order valence-corrected chi connectivity index (χ4v) is 2.71. The van der Waals surface area contributed by atoms with E-state index in [1.165, 1.54) is 4.90 Å². The Bertz CT molecular complexity index is 769. The topological polar surface area (TPSA) is 105 Å². The van der Waals surface area contributed by atoms with Gasteiger partial charge in [0.25, 0.3) is 11.8 Å². The van der Waals surface area contributed by atoms with Crippen molar-refractivity contribution >= 4 is 17.7 Å². The quantitative estimate of drug-likeness (QED) is 0.593. The average molecular weight is 396 g/mol. The molecule has 0 fully saturated rings. The number of amides is 3. The van der Waals surface area contributed by atoms with Crippen LogP contribution in [0.4, 0.5) is 0 Å². The minimum absolute atomic E-state index is 0.127. The van der Waals surface area contributed by atoms with Crippen LogP contribution in [0.2, 0.25) is 0 Å². The minimum atomic E-state index is -0.237. The number of benzene rings is 2. The molecule has 29 heavy (non-hydrogen) atoms. The second-order valence-electron chi connectivity index (χ2n) is 6.83. The molecule has 7 nitrogen and oxygen atoms in total. The number of nitrogens with one attached hydrogen (secondary N) is 2. The largest absolute Gasteiger partial charge is 0.350 e. The molecule has 154 valence electrons. The molecule has 0 saturated carbocycles. The first-order chi connectivity index (χ1) is 13.9. The van der Waals surface area contributed by atoms with E-state index in [1.807, 2.05) is 38.1 Å². The third-order valence-corrected chi connectivity index (χ3v) is 4.49. The number of nitrogens with zero attached hydrogens (tertiary/aromatic N) is 1. The molecule has 3 amide bonds. The summed E-state index contributed by atoms with van der Waals surface area (Å²) < 4.78 is 0. The van der Waals surface area contributed by atoms with Crippen molar-refractivity contribution in [1.29, 1.82) is 0 Å². The number of aryl methyl sites for hydroxylation is 2. The summed E-state index contributed by atoms with van der Waals surface area (Å²) in [4.78, 5) is 37.9. The lowest BCUT2D eigenvalue weighted by atomic mass is 10.1. The Kier molecular flexibility index (Phi) is 8.36. The van der Waals surface area contributed by atoms with Crippen LogP contribution in [-0.2, 0) is 4.79 Å². The van der Waals surface area contributed by atoms with Crippen LogP contribution in [0.5, 0.6) is 0 Å². The number of rotatable bonds is 9. The third kappa shape index (κ3) is 7.04. The van der Waals surface area contributed by atoms with Crippen molar-refractivity contribution in [3.63, 3.8) is 0 Å². The van der Waals surface area contributed by atoms with Crippen molar-refractivity contribution in [3.05, 3.63) is 70.8 Å². The first-order valence-corrected chi connectivity index (χ1v) is 9.58. The van der Waals surface area contributed by atoms with Gasteiger partial charge in [0.2, 0.25) is 5.91 Å². The van der Waals surface area contributed by atoms with Gasteiger partial charge in [-0.1, -0.05) is 35.4 Å². The van der Waals surface area contributed by atoms with Gasteiger partial charge in [-0.05, 0) is 38.1 Å². The molecule has 4 N–H and O–H groups in total. The highest BCUT2D eigenvalue weighted by Gasteiger charge is 2.13. The van der Waals surface area contributed by atoms with E-state index >= 15 is 0 Å². The zero-order valence-corrected chi connectivity index (χ0v) is 16.9. The predicted octanol–water partition coefficient (Wildman–Crippen LogP) is 1.25. The number of hydrogen-bond donors (Lipinski definition) is 3. The number of hydrogen-bond acceptors (Lipinski definition) is 4. The Morgan fingerprint density at radius 3 is 1.48 bits per heavy atom. The van der Waals surface area contributed by atoms with E-state index in [2.05, 4.69) is 10.6 Å². The molecule has 0 aliphatic rings. The molecule has 0 saturated heterocycles. The van der Waals surface area contributed by atoms with Crippen molar-refractivity contribution in [2.45, 2.75) is 13.8 Å². The van der Waals surface area contributed by atoms with E-state index in [0.29, 0.717) is 37.3 Å². The van der Waals surface area contributed by atoms with Crippen LogP contribution in [0.15, 0.2) is 48.5 Å². The molecular weight excluding hydrogens is 368 g/mol. The molecule has 0 atom stereocenters. The Hall–Kier alpha value is -3.19. The zero-order valence-electron chi connectivity index (χ0n) is 16.9. The van der Waals surface area contributed by atoms with Crippen LogP contribution in [0.1, 0.15) is 31.8 Å². The van der Waals surface area contributed by atoms with Crippen molar-refractivity contribution in [2.24, 2.45) is 5.73 Å². The third-order valence-electron chi connectivity index (χ3n) is 4.49. The van der Waals surface area contributed by atoms with Gasteiger partial charge in [-0.25, -0.2) is 0 Å². The summed E-state index contributed by atoms with van der Waals surface area (Å²) in [6.45, 7) is 5.00. The maximum absolute atomic E-state index is 12.2. The van der Waals surface area contributed by atoms with Crippen LogP contribution >= 0.6 is 0 Å². The Balaban J connectivity index is 1.80. The average Bonchev–Trinajstić information content (AvgIpc) is 2.72. The van der Waals surface area contributed by atoms with Crippen molar-refractivity contribution in [3.8, 4) is 0 Å². The van der Waals surface area contributed by atoms with Gasteiger partial charge in [0.05, 0.1) is 6.54 Å². The highest BCUT2D eigenvalue weighted by Crippen LogP contribution is 2.03. The zero-order chi connectivity index (χ0) is 21.2. The van der Waals surface area contributed by atoms with Gasteiger partial charge in [0.15, 0.2) is 0 Å². The molecule has 2 aromatic carbocycles. The molecule has 2 rings (SSSR count). The molecule has 0 radical (unpaired) electrons. The maximum atomic E-state index is 12.2. The van der Waals surface area contributed by atoms with Gasteiger partial charge in [-0.2, -0.15) is 0 Å². The monoisotopic (exact) mass is 396 g/mol. The van der Waals surface area contributed by atoms with E-state index in [4.69, 9.17) is 5.73 Å². The lowest BCUT2D eigenvalue weighted by Crippen LogP contribution is -2.45. The van der Waals surface area contributed by atoms with Crippen LogP contribution in [0.25, 0.3) is 0 Å². The van der Waals surface area contributed by atoms with Crippen LogP contribution in [0, 0.1) is 13.8 Å². The fourth-order valence-electron chi connectivity index (χ4n) is 2.71. The standard InChI is InChI=1S/C22H28N4O3/c1-16-3-7-18(8-4-16)21(28)24-11-13-26(20(27)15-23)14-12-25-22(29)19-9-5-17(2)6-10-19/h3-10H,11-15,23H2,1-2H3,(H,24,28)(H,25,29). The number of carbonyl (C=O) groups excluding carboxylic acids is 3. The van der Waals surface area contributed by atoms with Crippen molar-refractivity contribution < 1.29 is 14.4 Å². The molecule has 0 spiro atoms. The number of nitrogens with two attached hydrogens (primary N) is 1. The first-order valence-electron chi connectivity index (χ1n) is 9.58. The first kappa shape index (κ1) is 22.1. The Morgan fingerprint density at radius 2 is 1.14 bits per heavy atom. The van der Waals surface area contributed by atoms with Crippen molar-refractivity contribution in [1.82, 2.24) is 15.5 Å². The molecule has 0 unspecified atom stereocenters. The van der Waals surface area contributed by atoms with Gasteiger partial charge in [0, 0.05) is 37.3 Å². The summed E-state index contributed by atoms with van der Waals surface area (Å²) in [5.41, 5.74) is 8.77. The summed E-state index contributed by atoms with van der Waals surface area (Å²) in [6.07, 6.45) is 0. The summed E-state index contributed by atoms with van der Waals surface area (Å²) in [5.74, 6) is -0.630. The lowest BCUT2D eigenvalue weighted by molar-refractivity contribution is -0.129. The molecule has 2 aromatic rings. The van der Waals surface area contributed by atoms with Gasteiger partial charge in [0.1, 0.15) is 0 Å². The van der Waals surface area contributed by atoms with Crippen LogP contribution in [0.3, 0.4) is 0 Å². The van der Waals surface area contributed by atoms with E-state index in [9.17, 15) is 14.4 Å². The highest BCUT2D eigenvalue weighted by atomic mass is 16.2. The summed E-state index contributed by atoms with van der Waals surface area (Å²) in [6, 6.07) is 14.5. The molecule has 0 bridgehead atoms. The van der Waals surface area contributed by atoms with Crippen LogP contribution in [-0.4, -0.2) is 55.3 Å². The fraction of sp³-hybridized carbons (Fsp3) is 0.318. The van der Waals surface area contributed by atoms with Crippen molar-refractivity contribution in [2.75, 3.05) is 32.7 Å². The van der Waals surface area contributed by atoms with Gasteiger partial charge in [-0.15, -0.1) is 0 Å². The van der Waals surface area contributed by atoms with Gasteiger partial charge in [-0.3, -0.25) is 14.4 Å². The SMILES string of the molecule is Cc1ccc(C(=O)NCCN(CCNC(=O)c2ccc(C)cc2)C(=O)CN)cc1. The second-order valence-corrected chi connectivity index (χ2v) is 6.83. The molecular formula is C22H28N4O3. The van der Waals surface area contributed by atoms with Gasteiger partial charge >= 0.3 is 0 Å². The van der Waals surface area contributed by atoms with Gasteiger partial charge < -0.3 is 21.3 Å². The van der Waals surface area contributed by atoms with E-state index in [0.717, 1.165) is 11.1 Å².